The molecule has 2 rings (SSSR count). The van der Waals surface area contributed by atoms with Crippen molar-refractivity contribution >= 4 is 23.6 Å². The first-order valence-electron chi connectivity index (χ1n) is 8.93. The zero-order valence-electron chi connectivity index (χ0n) is 16.2. The third-order valence-corrected chi connectivity index (χ3v) is 4.26. The molecule has 8 heteroatoms. The van der Waals surface area contributed by atoms with Gasteiger partial charge in [-0.1, -0.05) is 18.2 Å². The van der Waals surface area contributed by atoms with E-state index in [1.807, 2.05) is 39.1 Å². The maximum Gasteiger partial charge on any atom is 0.337 e. The molecule has 0 aliphatic carbocycles. The zero-order valence-corrected chi connectivity index (χ0v) is 16.2. The Bertz CT molecular complexity index is 753. The summed E-state index contributed by atoms with van der Waals surface area (Å²) in [4.78, 5) is 36.9. The van der Waals surface area contributed by atoms with E-state index in [-0.39, 0.29) is 31.6 Å². The standard InChI is InChI=1S/C19H26N4O4/c1-5-27-18(25)14-9-20-19(26)21-15(14)10-23(4)11-16(24)22-17-12(2)7-6-8-13(17)3/h6-8H,5,9-11H2,1-4H3,(H,22,24)(H2,20,21,26)/p+1. The molecule has 27 heavy (non-hydrogen) atoms. The van der Waals surface area contributed by atoms with Gasteiger partial charge >= 0.3 is 12.0 Å². The SMILES string of the molecule is CCOC(=O)C1=C(C[NH+](C)CC(=O)Nc2c(C)cccc2C)NC(=O)NC1. The number of para-hydroxylation sites is 1. The minimum absolute atomic E-state index is 0.113. The quantitative estimate of drug-likeness (QED) is 0.500. The summed E-state index contributed by atoms with van der Waals surface area (Å²) in [7, 11) is 1.83. The van der Waals surface area contributed by atoms with Gasteiger partial charge in [0.1, 0.15) is 6.54 Å². The van der Waals surface area contributed by atoms with Crippen LogP contribution in [0.3, 0.4) is 0 Å². The summed E-state index contributed by atoms with van der Waals surface area (Å²) in [5, 5.41) is 8.16. The Morgan fingerprint density at radius 2 is 1.93 bits per heavy atom. The van der Waals surface area contributed by atoms with Crippen LogP contribution in [0.25, 0.3) is 0 Å². The van der Waals surface area contributed by atoms with Crippen LogP contribution in [-0.2, 0) is 14.3 Å². The van der Waals surface area contributed by atoms with E-state index in [1.54, 1.807) is 6.92 Å². The van der Waals surface area contributed by atoms with Crippen molar-refractivity contribution in [1.82, 2.24) is 10.6 Å². The van der Waals surface area contributed by atoms with E-state index in [0.29, 0.717) is 17.8 Å². The number of amides is 3. The first-order valence-corrected chi connectivity index (χ1v) is 8.93. The molecule has 0 aromatic heterocycles. The molecule has 0 radical (unpaired) electrons. The van der Waals surface area contributed by atoms with Crippen molar-refractivity contribution in [2.24, 2.45) is 0 Å². The Balaban J connectivity index is 2.04. The topological polar surface area (TPSA) is 101 Å². The molecule has 0 saturated carbocycles. The average molecular weight is 375 g/mol. The Labute approximate surface area is 158 Å². The number of esters is 1. The number of carbonyl (C=O) groups is 3. The van der Waals surface area contributed by atoms with Gasteiger partial charge in [0, 0.05) is 5.69 Å². The van der Waals surface area contributed by atoms with E-state index in [4.69, 9.17) is 4.74 Å². The molecule has 3 amide bonds. The van der Waals surface area contributed by atoms with Crippen molar-refractivity contribution in [2.45, 2.75) is 20.8 Å². The molecule has 1 aliphatic heterocycles. The van der Waals surface area contributed by atoms with Gasteiger partial charge in [-0.3, -0.25) is 4.79 Å². The summed E-state index contributed by atoms with van der Waals surface area (Å²) >= 11 is 0. The molecule has 0 fully saturated rings. The van der Waals surface area contributed by atoms with Gasteiger partial charge in [-0.2, -0.15) is 0 Å². The molecular formula is C19H27N4O4+. The van der Waals surface area contributed by atoms with Crippen LogP contribution in [0.15, 0.2) is 29.5 Å². The minimum atomic E-state index is -0.465. The number of ether oxygens (including phenoxy) is 1. The van der Waals surface area contributed by atoms with Gasteiger partial charge < -0.3 is 25.6 Å². The number of nitrogens with one attached hydrogen (secondary N) is 4. The number of quaternary nitrogens is 1. The van der Waals surface area contributed by atoms with E-state index in [1.165, 1.54) is 0 Å². The third kappa shape index (κ3) is 5.55. The van der Waals surface area contributed by atoms with Crippen molar-refractivity contribution in [3.8, 4) is 0 Å². The lowest BCUT2D eigenvalue weighted by Gasteiger charge is -2.23. The largest absolute Gasteiger partial charge is 0.463 e. The molecular weight excluding hydrogens is 348 g/mol. The maximum atomic E-state index is 12.4. The van der Waals surface area contributed by atoms with Crippen molar-refractivity contribution in [3.63, 3.8) is 0 Å². The summed E-state index contributed by atoms with van der Waals surface area (Å²) < 4.78 is 5.04. The van der Waals surface area contributed by atoms with Gasteiger partial charge in [0.2, 0.25) is 0 Å². The Morgan fingerprint density at radius 3 is 2.56 bits per heavy atom. The molecule has 1 heterocycles. The van der Waals surface area contributed by atoms with E-state index in [9.17, 15) is 14.4 Å². The highest BCUT2D eigenvalue weighted by Crippen LogP contribution is 2.18. The van der Waals surface area contributed by atoms with Crippen molar-refractivity contribution in [3.05, 3.63) is 40.6 Å². The molecule has 1 aromatic rings. The van der Waals surface area contributed by atoms with Crippen LogP contribution in [0, 0.1) is 13.8 Å². The van der Waals surface area contributed by atoms with Crippen LogP contribution >= 0.6 is 0 Å². The van der Waals surface area contributed by atoms with Crippen molar-refractivity contribution < 1.29 is 24.0 Å². The highest BCUT2D eigenvalue weighted by Gasteiger charge is 2.26. The van der Waals surface area contributed by atoms with E-state index in [2.05, 4.69) is 16.0 Å². The normalized spacial score (nSPS) is 14.9. The summed E-state index contributed by atoms with van der Waals surface area (Å²) in [5.41, 5.74) is 3.68. The lowest BCUT2D eigenvalue weighted by Crippen LogP contribution is -3.10. The molecule has 0 spiro atoms. The number of urea groups is 1. The smallest absolute Gasteiger partial charge is 0.337 e. The summed E-state index contributed by atoms with van der Waals surface area (Å²) in [6.45, 7) is 6.49. The van der Waals surface area contributed by atoms with Crippen LogP contribution in [0.5, 0.6) is 0 Å². The fraction of sp³-hybridized carbons (Fsp3) is 0.421. The predicted molar refractivity (Wildman–Crippen MR) is 101 cm³/mol. The third-order valence-electron chi connectivity index (χ3n) is 4.26. The van der Waals surface area contributed by atoms with E-state index in [0.717, 1.165) is 21.7 Å². The lowest BCUT2D eigenvalue weighted by molar-refractivity contribution is -0.866. The molecule has 1 aromatic carbocycles. The first kappa shape index (κ1) is 20.4. The second kappa shape index (κ2) is 9.18. The number of hydrogen-bond acceptors (Lipinski definition) is 4. The number of anilines is 1. The molecule has 0 bridgehead atoms. The van der Waals surface area contributed by atoms with Crippen LogP contribution in [-0.4, -0.2) is 51.2 Å². The van der Waals surface area contributed by atoms with Crippen LogP contribution < -0.4 is 20.9 Å². The number of likely N-dealkylation sites (N-methyl/N-ethyl adjacent to an activating group) is 1. The highest BCUT2D eigenvalue weighted by atomic mass is 16.5. The van der Waals surface area contributed by atoms with Gasteiger partial charge in [-0.25, -0.2) is 9.59 Å². The second-order valence-corrected chi connectivity index (χ2v) is 6.61. The molecule has 1 unspecified atom stereocenters. The molecule has 8 nitrogen and oxygen atoms in total. The van der Waals surface area contributed by atoms with Crippen molar-refractivity contribution in [2.75, 3.05) is 38.6 Å². The molecule has 1 atom stereocenters. The Kier molecular flexibility index (Phi) is 6.95. The number of carbonyl (C=O) groups excluding carboxylic acids is 3. The number of aryl methyl sites for hydroxylation is 2. The first-order chi connectivity index (χ1) is 12.8. The van der Waals surface area contributed by atoms with Crippen molar-refractivity contribution in [1.29, 1.82) is 0 Å². The van der Waals surface area contributed by atoms with Crippen LogP contribution in [0.4, 0.5) is 10.5 Å². The fourth-order valence-corrected chi connectivity index (χ4v) is 2.93. The van der Waals surface area contributed by atoms with E-state index >= 15 is 0 Å². The molecule has 146 valence electrons. The summed E-state index contributed by atoms with van der Waals surface area (Å²) in [6, 6.07) is 5.46. The highest BCUT2D eigenvalue weighted by molar-refractivity contribution is 5.94. The average Bonchev–Trinajstić information content (AvgIpc) is 2.58. The monoisotopic (exact) mass is 375 g/mol. The van der Waals surface area contributed by atoms with Gasteiger partial charge in [0.05, 0.1) is 31.5 Å². The summed E-state index contributed by atoms with van der Waals surface area (Å²) in [5.74, 6) is -0.601. The van der Waals surface area contributed by atoms with Gasteiger partial charge in [0.15, 0.2) is 6.54 Å². The van der Waals surface area contributed by atoms with Gasteiger partial charge in [-0.05, 0) is 31.9 Å². The van der Waals surface area contributed by atoms with E-state index < -0.39 is 5.97 Å². The lowest BCUT2D eigenvalue weighted by atomic mass is 10.1. The zero-order chi connectivity index (χ0) is 20.0. The van der Waals surface area contributed by atoms with Crippen LogP contribution in [0.2, 0.25) is 0 Å². The number of benzene rings is 1. The second-order valence-electron chi connectivity index (χ2n) is 6.61. The Morgan fingerprint density at radius 1 is 1.26 bits per heavy atom. The Hall–Kier alpha value is -2.87. The fourth-order valence-electron chi connectivity index (χ4n) is 2.93. The number of rotatable bonds is 7. The summed E-state index contributed by atoms with van der Waals surface area (Å²) in [6.07, 6.45) is 0. The van der Waals surface area contributed by atoms with Gasteiger partial charge in [-0.15, -0.1) is 0 Å². The maximum absolute atomic E-state index is 12.4. The number of hydrogen-bond donors (Lipinski definition) is 4. The molecule has 4 N–H and O–H groups in total. The molecule has 1 aliphatic rings. The molecule has 0 saturated heterocycles. The predicted octanol–water partition coefficient (Wildman–Crippen LogP) is -0.113. The van der Waals surface area contributed by atoms with Gasteiger partial charge in [0.25, 0.3) is 5.91 Å². The van der Waals surface area contributed by atoms with Crippen LogP contribution in [0.1, 0.15) is 18.1 Å². The minimum Gasteiger partial charge on any atom is -0.463 e.